The lowest BCUT2D eigenvalue weighted by atomic mass is 10.2. The number of nitrogen functional groups attached to an aromatic ring is 1. The number of aromatic nitrogens is 1. The lowest BCUT2D eigenvalue weighted by molar-refractivity contribution is 0.0950. The van der Waals surface area contributed by atoms with Crippen LogP contribution in [0.25, 0.3) is 0 Å². The second-order valence-corrected chi connectivity index (χ2v) is 6.67. The summed E-state index contributed by atoms with van der Waals surface area (Å²) in [4.78, 5) is 15.9. The predicted octanol–water partition coefficient (Wildman–Crippen LogP) is 5.09. The van der Waals surface area contributed by atoms with Crippen molar-refractivity contribution in [1.29, 1.82) is 0 Å². The van der Waals surface area contributed by atoms with E-state index >= 15 is 0 Å². The molecule has 0 saturated carbocycles. The molecule has 138 valence electrons. The number of carbonyl (C=O) groups is 1. The van der Waals surface area contributed by atoms with E-state index in [4.69, 9.17) is 68.5 Å². The number of hydrazone groups is 1. The van der Waals surface area contributed by atoms with Crippen molar-refractivity contribution in [2.24, 2.45) is 5.10 Å². The number of nitrogens with zero attached hydrogens (tertiary/aromatic N) is 2. The maximum atomic E-state index is 12.1. The molecule has 26 heavy (non-hydrogen) atoms. The molecule has 0 aliphatic rings. The lowest BCUT2D eigenvalue weighted by Crippen LogP contribution is -2.20. The van der Waals surface area contributed by atoms with Gasteiger partial charge in [0.05, 0.1) is 33.6 Å². The quantitative estimate of drug-likeness (QED) is 0.372. The molecule has 0 bridgehead atoms. The summed E-state index contributed by atoms with van der Waals surface area (Å²) < 4.78 is 5.33. The molecule has 0 aliphatic heterocycles. The summed E-state index contributed by atoms with van der Waals surface area (Å²) in [5.41, 5.74) is 8.19. The topological polar surface area (TPSA) is 89.6 Å². The standard InChI is InChI=1S/C15H11Cl5N4O2/c1-2-26-13-7(16)3-6(4-8(13)17)5-22-24-15(25)12-9(18)11(21)10(19)14(20)23-12/h3-5H,2H2,1H3,(H2,21,23)(H,24,25)/b22-5+. The molecule has 0 saturated heterocycles. The van der Waals surface area contributed by atoms with E-state index in [1.54, 1.807) is 12.1 Å². The Hall–Kier alpha value is -1.44. The van der Waals surface area contributed by atoms with Gasteiger partial charge in [-0.1, -0.05) is 58.0 Å². The fourth-order valence-corrected chi connectivity index (χ4v) is 3.04. The Morgan fingerprint density at radius 3 is 2.42 bits per heavy atom. The first-order chi connectivity index (χ1) is 12.3. The van der Waals surface area contributed by atoms with Crippen LogP contribution in [0.4, 0.5) is 5.69 Å². The summed E-state index contributed by atoms with van der Waals surface area (Å²) in [5, 5.41) is 4.13. The zero-order valence-corrected chi connectivity index (χ0v) is 16.9. The van der Waals surface area contributed by atoms with E-state index in [0.29, 0.717) is 28.0 Å². The van der Waals surface area contributed by atoms with Crippen LogP contribution in [-0.4, -0.2) is 23.7 Å². The van der Waals surface area contributed by atoms with Gasteiger partial charge in [0.25, 0.3) is 5.91 Å². The number of hydrogen-bond donors (Lipinski definition) is 2. The number of hydrogen-bond acceptors (Lipinski definition) is 5. The van der Waals surface area contributed by atoms with Crippen molar-refractivity contribution in [2.75, 3.05) is 12.3 Å². The summed E-state index contributed by atoms with van der Waals surface area (Å²) in [6.45, 7) is 2.23. The molecule has 3 N–H and O–H groups in total. The molecule has 2 rings (SSSR count). The van der Waals surface area contributed by atoms with Gasteiger partial charge in [-0.15, -0.1) is 0 Å². The SMILES string of the molecule is CCOc1c(Cl)cc(/C=N/NC(=O)c2nc(Cl)c(Cl)c(N)c2Cl)cc1Cl. The first-order valence-electron chi connectivity index (χ1n) is 7.01. The van der Waals surface area contributed by atoms with Gasteiger partial charge in [0.1, 0.15) is 5.02 Å². The summed E-state index contributed by atoms with van der Waals surface area (Å²) in [7, 11) is 0. The highest BCUT2D eigenvalue weighted by Crippen LogP contribution is 2.35. The van der Waals surface area contributed by atoms with E-state index in [0.717, 1.165) is 0 Å². The van der Waals surface area contributed by atoms with Crippen LogP contribution in [0.3, 0.4) is 0 Å². The molecule has 1 heterocycles. The fourth-order valence-electron chi connectivity index (χ4n) is 1.84. The van der Waals surface area contributed by atoms with Crippen LogP contribution in [0.5, 0.6) is 5.75 Å². The lowest BCUT2D eigenvalue weighted by Gasteiger charge is -2.09. The monoisotopic (exact) mass is 454 g/mol. The molecule has 2 aromatic rings. The molecule has 0 spiro atoms. The van der Waals surface area contributed by atoms with E-state index in [9.17, 15) is 4.79 Å². The van der Waals surface area contributed by atoms with Gasteiger partial charge in [-0.2, -0.15) is 5.10 Å². The minimum absolute atomic E-state index is 0.0320. The average Bonchev–Trinajstić information content (AvgIpc) is 2.59. The predicted molar refractivity (Wildman–Crippen MR) is 106 cm³/mol. The van der Waals surface area contributed by atoms with Crippen molar-refractivity contribution in [1.82, 2.24) is 10.4 Å². The van der Waals surface area contributed by atoms with Gasteiger partial charge in [-0.05, 0) is 24.6 Å². The van der Waals surface area contributed by atoms with Crippen molar-refractivity contribution < 1.29 is 9.53 Å². The summed E-state index contributed by atoms with van der Waals surface area (Å²) in [6.07, 6.45) is 1.33. The van der Waals surface area contributed by atoms with Gasteiger partial charge in [0.2, 0.25) is 0 Å². The van der Waals surface area contributed by atoms with Gasteiger partial charge in [0.15, 0.2) is 16.6 Å². The number of amides is 1. The van der Waals surface area contributed by atoms with Crippen molar-refractivity contribution >= 4 is 75.8 Å². The number of carbonyl (C=O) groups excluding carboxylic acids is 1. The third-order valence-corrected chi connectivity index (χ3v) is 4.67. The Labute approximate surface area is 174 Å². The van der Waals surface area contributed by atoms with Crippen molar-refractivity contribution in [3.8, 4) is 5.75 Å². The number of benzene rings is 1. The van der Waals surface area contributed by atoms with Gasteiger partial charge in [-0.25, -0.2) is 10.4 Å². The average molecular weight is 457 g/mol. The van der Waals surface area contributed by atoms with Crippen LogP contribution in [-0.2, 0) is 0 Å². The highest BCUT2D eigenvalue weighted by Gasteiger charge is 2.19. The smallest absolute Gasteiger partial charge is 0.291 e. The molecule has 6 nitrogen and oxygen atoms in total. The molecule has 1 aromatic carbocycles. The molecule has 0 unspecified atom stereocenters. The maximum absolute atomic E-state index is 12.1. The number of rotatable bonds is 5. The Bertz CT molecular complexity index is 866. The third kappa shape index (κ3) is 4.64. The van der Waals surface area contributed by atoms with Crippen LogP contribution in [0, 0.1) is 0 Å². The molecule has 11 heteroatoms. The van der Waals surface area contributed by atoms with Crippen LogP contribution >= 0.6 is 58.0 Å². The van der Waals surface area contributed by atoms with Crippen molar-refractivity contribution in [3.63, 3.8) is 0 Å². The first kappa shape index (κ1) is 20.9. The van der Waals surface area contributed by atoms with E-state index in [1.165, 1.54) is 6.21 Å². The minimum atomic E-state index is -0.723. The maximum Gasteiger partial charge on any atom is 0.291 e. The van der Waals surface area contributed by atoms with Crippen LogP contribution in [0.15, 0.2) is 17.2 Å². The molecule has 1 aromatic heterocycles. The Kier molecular flexibility index (Phi) is 7.20. The number of nitrogens with one attached hydrogen (secondary N) is 1. The second kappa shape index (κ2) is 8.97. The van der Waals surface area contributed by atoms with Gasteiger partial charge in [0, 0.05) is 0 Å². The van der Waals surface area contributed by atoms with Crippen molar-refractivity contribution in [3.05, 3.63) is 48.6 Å². The number of nitrogens with two attached hydrogens (primary N) is 1. The molecular formula is C15H11Cl5N4O2. The van der Waals surface area contributed by atoms with Gasteiger partial charge < -0.3 is 10.5 Å². The molecule has 1 amide bonds. The highest BCUT2D eigenvalue weighted by molar-refractivity contribution is 6.46. The summed E-state index contributed by atoms with van der Waals surface area (Å²) >= 11 is 29.8. The number of halogens is 5. The van der Waals surface area contributed by atoms with Crippen LogP contribution in [0.2, 0.25) is 25.2 Å². The minimum Gasteiger partial charge on any atom is -0.491 e. The highest BCUT2D eigenvalue weighted by atomic mass is 35.5. The molecule has 0 atom stereocenters. The Balaban J connectivity index is 2.18. The number of anilines is 1. The first-order valence-corrected chi connectivity index (χ1v) is 8.90. The third-order valence-electron chi connectivity index (χ3n) is 2.98. The zero-order chi connectivity index (χ0) is 19.4. The molecule has 0 radical (unpaired) electrons. The Morgan fingerprint density at radius 1 is 1.23 bits per heavy atom. The van der Waals surface area contributed by atoms with Crippen LogP contribution in [0.1, 0.15) is 23.0 Å². The molecule has 0 fully saturated rings. The largest absolute Gasteiger partial charge is 0.491 e. The normalized spacial score (nSPS) is 11.0. The Morgan fingerprint density at radius 2 is 1.85 bits per heavy atom. The second-order valence-electron chi connectivity index (χ2n) is 4.74. The van der Waals surface area contributed by atoms with E-state index < -0.39 is 5.91 Å². The summed E-state index contributed by atoms with van der Waals surface area (Å²) in [6, 6.07) is 3.16. The zero-order valence-electron chi connectivity index (χ0n) is 13.1. The van der Waals surface area contributed by atoms with Crippen LogP contribution < -0.4 is 15.9 Å². The fraction of sp³-hybridized carbons (Fsp3) is 0.133. The van der Waals surface area contributed by atoms with E-state index in [-0.39, 0.29) is 26.6 Å². The van der Waals surface area contributed by atoms with Crippen molar-refractivity contribution in [2.45, 2.75) is 6.92 Å². The molecular weight excluding hydrogens is 445 g/mol. The van der Waals surface area contributed by atoms with Gasteiger partial charge >= 0.3 is 0 Å². The number of pyridine rings is 1. The van der Waals surface area contributed by atoms with Gasteiger partial charge in [-0.3, -0.25) is 4.79 Å². The molecule has 0 aliphatic carbocycles. The van der Waals surface area contributed by atoms with E-state index in [1.807, 2.05) is 6.92 Å². The van der Waals surface area contributed by atoms with E-state index in [2.05, 4.69) is 15.5 Å². The summed E-state index contributed by atoms with van der Waals surface area (Å²) in [5.74, 6) is -0.348. The number of ether oxygens (including phenoxy) is 1.